The Hall–Kier alpha value is -0.570. The molecule has 1 amide bonds. The number of rotatable bonds is 4. The minimum absolute atomic E-state index is 0.198. The zero-order valence-corrected chi connectivity index (χ0v) is 7.96. The van der Waals surface area contributed by atoms with Crippen molar-refractivity contribution in [3.8, 4) is 0 Å². The van der Waals surface area contributed by atoms with Crippen LogP contribution in [0.1, 0.15) is 32.1 Å². The lowest BCUT2D eigenvalue weighted by Crippen LogP contribution is -2.42. The Morgan fingerprint density at radius 1 is 1.38 bits per heavy atom. The normalized spacial score (nSPS) is 25.0. The second kappa shape index (κ2) is 3.66. The standard InChI is InChI=1S/C10H18N2O/c11-9(7-4-5-7)6-12-10(13)8-2-1-3-8/h7-9H,1-6,11H2,(H,12,13). The smallest absolute Gasteiger partial charge is 0.223 e. The molecule has 0 aliphatic heterocycles. The quantitative estimate of drug-likeness (QED) is 0.670. The van der Waals surface area contributed by atoms with Crippen LogP contribution in [0.25, 0.3) is 0 Å². The number of hydrogen-bond acceptors (Lipinski definition) is 2. The maximum atomic E-state index is 11.4. The Morgan fingerprint density at radius 3 is 2.54 bits per heavy atom. The second-order valence-corrected chi connectivity index (χ2v) is 4.37. The Balaban J connectivity index is 1.62. The van der Waals surface area contributed by atoms with E-state index in [-0.39, 0.29) is 11.9 Å². The lowest BCUT2D eigenvalue weighted by molar-refractivity contribution is -0.127. The molecule has 0 aromatic carbocycles. The van der Waals surface area contributed by atoms with E-state index in [9.17, 15) is 4.79 Å². The van der Waals surface area contributed by atoms with Gasteiger partial charge in [0, 0.05) is 18.5 Å². The van der Waals surface area contributed by atoms with Gasteiger partial charge < -0.3 is 11.1 Å². The molecule has 0 radical (unpaired) electrons. The van der Waals surface area contributed by atoms with Crippen LogP contribution in [0.15, 0.2) is 0 Å². The van der Waals surface area contributed by atoms with Crippen LogP contribution < -0.4 is 11.1 Å². The van der Waals surface area contributed by atoms with Gasteiger partial charge in [0.05, 0.1) is 0 Å². The first-order chi connectivity index (χ1) is 6.27. The monoisotopic (exact) mass is 182 g/mol. The molecule has 0 bridgehead atoms. The van der Waals surface area contributed by atoms with E-state index in [0.29, 0.717) is 18.4 Å². The highest BCUT2D eigenvalue weighted by atomic mass is 16.1. The van der Waals surface area contributed by atoms with Crippen LogP contribution >= 0.6 is 0 Å². The van der Waals surface area contributed by atoms with Gasteiger partial charge in [0.1, 0.15) is 0 Å². The summed E-state index contributed by atoms with van der Waals surface area (Å²) in [5.41, 5.74) is 5.87. The highest BCUT2D eigenvalue weighted by Crippen LogP contribution is 2.31. The lowest BCUT2D eigenvalue weighted by Gasteiger charge is -2.24. The molecule has 0 heterocycles. The Morgan fingerprint density at radius 2 is 2.08 bits per heavy atom. The van der Waals surface area contributed by atoms with Gasteiger partial charge in [-0.1, -0.05) is 6.42 Å². The molecule has 0 aromatic heterocycles. The minimum Gasteiger partial charge on any atom is -0.354 e. The summed E-state index contributed by atoms with van der Waals surface area (Å²) < 4.78 is 0. The Bertz CT molecular complexity index is 197. The van der Waals surface area contributed by atoms with E-state index >= 15 is 0 Å². The number of carbonyl (C=O) groups excluding carboxylic acids is 1. The molecule has 2 aliphatic carbocycles. The van der Waals surface area contributed by atoms with E-state index in [0.717, 1.165) is 12.8 Å². The molecule has 0 aromatic rings. The molecular weight excluding hydrogens is 164 g/mol. The molecule has 0 saturated heterocycles. The Labute approximate surface area is 79.1 Å². The van der Waals surface area contributed by atoms with E-state index < -0.39 is 0 Å². The fraction of sp³-hybridized carbons (Fsp3) is 0.900. The van der Waals surface area contributed by atoms with Crippen molar-refractivity contribution in [2.24, 2.45) is 17.6 Å². The summed E-state index contributed by atoms with van der Waals surface area (Å²) in [6.07, 6.45) is 5.86. The van der Waals surface area contributed by atoms with Crippen molar-refractivity contribution in [3.05, 3.63) is 0 Å². The van der Waals surface area contributed by atoms with Crippen LogP contribution in [0.4, 0.5) is 0 Å². The molecule has 74 valence electrons. The van der Waals surface area contributed by atoms with E-state index in [1.807, 2.05) is 0 Å². The highest BCUT2D eigenvalue weighted by molar-refractivity contribution is 5.79. The molecule has 1 unspecified atom stereocenters. The summed E-state index contributed by atoms with van der Waals surface area (Å²) in [5, 5.41) is 2.94. The molecule has 2 fully saturated rings. The molecule has 2 saturated carbocycles. The average Bonchev–Trinajstić information content (AvgIpc) is 2.78. The van der Waals surface area contributed by atoms with Crippen LogP contribution in [0.5, 0.6) is 0 Å². The van der Waals surface area contributed by atoms with Crippen molar-refractivity contribution in [1.82, 2.24) is 5.32 Å². The summed E-state index contributed by atoms with van der Waals surface area (Å²) in [5.74, 6) is 1.20. The van der Waals surface area contributed by atoms with Crippen LogP contribution in [-0.4, -0.2) is 18.5 Å². The third kappa shape index (κ3) is 2.21. The van der Waals surface area contributed by atoms with E-state index in [1.165, 1.54) is 19.3 Å². The van der Waals surface area contributed by atoms with Crippen molar-refractivity contribution in [2.45, 2.75) is 38.1 Å². The van der Waals surface area contributed by atoms with Crippen molar-refractivity contribution in [3.63, 3.8) is 0 Å². The predicted molar refractivity (Wildman–Crippen MR) is 51.1 cm³/mol. The van der Waals surface area contributed by atoms with Gasteiger partial charge in [-0.05, 0) is 31.6 Å². The molecule has 3 N–H and O–H groups in total. The topological polar surface area (TPSA) is 55.1 Å². The van der Waals surface area contributed by atoms with Gasteiger partial charge in [-0.15, -0.1) is 0 Å². The molecule has 1 atom stereocenters. The number of hydrogen-bond donors (Lipinski definition) is 2. The van der Waals surface area contributed by atoms with Crippen LogP contribution in [0.2, 0.25) is 0 Å². The summed E-state index contributed by atoms with van der Waals surface area (Å²) in [6, 6.07) is 0.198. The number of amides is 1. The van der Waals surface area contributed by atoms with Gasteiger partial charge in [-0.3, -0.25) is 4.79 Å². The molecule has 2 rings (SSSR count). The second-order valence-electron chi connectivity index (χ2n) is 4.37. The summed E-state index contributed by atoms with van der Waals surface area (Å²) in [4.78, 5) is 11.4. The van der Waals surface area contributed by atoms with Crippen LogP contribution in [0, 0.1) is 11.8 Å². The van der Waals surface area contributed by atoms with Gasteiger partial charge >= 0.3 is 0 Å². The van der Waals surface area contributed by atoms with E-state index in [4.69, 9.17) is 5.73 Å². The van der Waals surface area contributed by atoms with Gasteiger partial charge in [-0.25, -0.2) is 0 Å². The largest absolute Gasteiger partial charge is 0.354 e. The van der Waals surface area contributed by atoms with Gasteiger partial charge in [-0.2, -0.15) is 0 Å². The zero-order valence-electron chi connectivity index (χ0n) is 7.96. The first-order valence-electron chi connectivity index (χ1n) is 5.30. The molecule has 0 spiro atoms. The van der Waals surface area contributed by atoms with Crippen LogP contribution in [-0.2, 0) is 4.79 Å². The first kappa shape index (κ1) is 9.00. The molecule has 2 aliphatic rings. The number of carbonyl (C=O) groups is 1. The first-order valence-corrected chi connectivity index (χ1v) is 5.30. The zero-order chi connectivity index (χ0) is 9.26. The minimum atomic E-state index is 0.198. The fourth-order valence-electron chi connectivity index (χ4n) is 1.72. The molecule has 13 heavy (non-hydrogen) atoms. The molecular formula is C10H18N2O. The third-order valence-electron chi connectivity index (χ3n) is 3.22. The van der Waals surface area contributed by atoms with Gasteiger partial charge in [0.15, 0.2) is 0 Å². The third-order valence-corrected chi connectivity index (χ3v) is 3.22. The van der Waals surface area contributed by atoms with Crippen molar-refractivity contribution >= 4 is 5.91 Å². The number of nitrogens with one attached hydrogen (secondary N) is 1. The van der Waals surface area contributed by atoms with Gasteiger partial charge in [0.2, 0.25) is 5.91 Å². The SMILES string of the molecule is NC(CNC(=O)C1CCC1)C1CC1. The van der Waals surface area contributed by atoms with Crippen molar-refractivity contribution < 1.29 is 4.79 Å². The van der Waals surface area contributed by atoms with Crippen LogP contribution in [0.3, 0.4) is 0 Å². The summed E-state index contributed by atoms with van der Waals surface area (Å²) >= 11 is 0. The molecule has 3 heteroatoms. The maximum Gasteiger partial charge on any atom is 0.223 e. The fourth-order valence-corrected chi connectivity index (χ4v) is 1.72. The lowest BCUT2D eigenvalue weighted by atomic mass is 9.85. The van der Waals surface area contributed by atoms with Crippen molar-refractivity contribution in [2.75, 3.05) is 6.54 Å². The number of nitrogens with two attached hydrogens (primary N) is 1. The van der Waals surface area contributed by atoms with Gasteiger partial charge in [0.25, 0.3) is 0 Å². The summed E-state index contributed by atoms with van der Waals surface area (Å²) in [6.45, 7) is 0.681. The average molecular weight is 182 g/mol. The maximum absolute atomic E-state index is 11.4. The summed E-state index contributed by atoms with van der Waals surface area (Å²) in [7, 11) is 0. The Kier molecular flexibility index (Phi) is 2.54. The highest BCUT2D eigenvalue weighted by Gasteiger charge is 2.30. The van der Waals surface area contributed by atoms with E-state index in [1.54, 1.807) is 0 Å². The molecule has 3 nitrogen and oxygen atoms in total. The predicted octanol–water partition coefficient (Wildman–Crippen LogP) is 0.640. The van der Waals surface area contributed by atoms with Crippen molar-refractivity contribution in [1.29, 1.82) is 0 Å². The van der Waals surface area contributed by atoms with E-state index in [2.05, 4.69) is 5.32 Å².